The number of thiophene rings is 1. The van der Waals surface area contributed by atoms with Crippen LogP contribution in [0, 0.1) is 11.3 Å². The fourth-order valence-electron chi connectivity index (χ4n) is 2.25. The van der Waals surface area contributed by atoms with Gasteiger partial charge in [0.2, 0.25) is 0 Å². The Morgan fingerprint density at radius 2 is 1.83 bits per heavy atom. The third-order valence-electron chi connectivity index (χ3n) is 3.37. The van der Waals surface area contributed by atoms with Crippen LogP contribution in [0.1, 0.15) is 5.56 Å². The number of amides is 1. The van der Waals surface area contributed by atoms with Crippen molar-refractivity contribution in [1.82, 2.24) is 0 Å². The average Bonchev–Trinajstić information content (AvgIpc) is 3.08. The van der Waals surface area contributed by atoms with E-state index in [0.29, 0.717) is 16.3 Å². The number of rotatable bonds is 5. The van der Waals surface area contributed by atoms with E-state index in [1.54, 1.807) is 11.4 Å². The van der Waals surface area contributed by atoms with E-state index in [1.165, 1.54) is 11.3 Å². The highest BCUT2D eigenvalue weighted by atomic mass is 32.1. The van der Waals surface area contributed by atoms with E-state index in [-0.39, 0.29) is 12.5 Å². The van der Waals surface area contributed by atoms with Gasteiger partial charge >= 0.3 is 0 Å². The zero-order chi connectivity index (χ0) is 16.8. The van der Waals surface area contributed by atoms with Crippen molar-refractivity contribution < 1.29 is 9.53 Å². The minimum absolute atomic E-state index is 0.118. The van der Waals surface area contributed by atoms with Gasteiger partial charge in [-0.05, 0) is 23.1 Å². The second kappa shape index (κ2) is 7.44. The Bertz CT molecular complexity index is 882. The van der Waals surface area contributed by atoms with Gasteiger partial charge < -0.3 is 10.1 Å². The molecule has 3 rings (SSSR count). The van der Waals surface area contributed by atoms with Gasteiger partial charge in [0.15, 0.2) is 6.61 Å². The summed E-state index contributed by atoms with van der Waals surface area (Å²) in [5.41, 5.74) is 2.41. The summed E-state index contributed by atoms with van der Waals surface area (Å²) in [5.74, 6) is 0.349. The smallest absolute Gasteiger partial charge is 0.262 e. The Morgan fingerprint density at radius 3 is 2.62 bits per heavy atom. The molecular formula is C19H14N2O2S. The number of nitrogens with zero attached hydrogens (tertiary/aromatic N) is 1. The summed E-state index contributed by atoms with van der Waals surface area (Å²) < 4.78 is 5.69. The minimum Gasteiger partial charge on any atom is -0.483 e. The molecular weight excluding hydrogens is 320 g/mol. The standard InChI is InChI=1S/C19H14N2O2S/c20-12-15-10-11-24-19(15)21-18(22)13-23-17-9-5-4-8-16(17)14-6-2-1-3-7-14/h1-11H,13H2,(H,21,22). The van der Waals surface area contributed by atoms with Crippen molar-refractivity contribution in [1.29, 1.82) is 5.26 Å². The van der Waals surface area contributed by atoms with Gasteiger partial charge in [-0.3, -0.25) is 4.79 Å². The molecule has 118 valence electrons. The van der Waals surface area contributed by atoms with E-state index in [2.05, 4.69) is 5.32 Å². The quantitative estimate of drug-likeness (QED) is 0.756. The summed E-state index contributed by atoms with van der Waals surface area (Å²) in [6.07, 6.45) is 0. The van der Waals surface area contributed by atoms with Gasteiger partial charge in [0.25, 0.3) is 5.91 Å². The maximum atomic E-state index is 12.1. The zero-order valence-corrected chi connectivity index (χ0v) is 13.5. The number of para-hydroxylation sites is 1. The maximum absolute atomic E-state index is 12.1. The van der Waals surface area contributed by atoms with Crippen LogP contribution >= 0.6 is 11.3 Å². The summed E-state index contributed by atoms with van der Waals surface area (Å²) in [5, 5.41) is 14.0. The third kappa shape index (κ3) is 3.62. The molecule has 1 amide bonds. The highest BCUT2D eigenvalue weighted by Gasteiger charge is 2.11. The van der Waals surface area contributed by atoms with Gasteiger partial charge in [0.05, 0.1) is 5.56 Å². The molecule has 0 atom stereocenters. The lowest BCUT2D eigenvalue weighted by atomic mass is 10.1. The molecule has 1 heterocycles. The van der Waals surface area contributed by atoms with Crippen molar-refractivity contribution in [2.75, 3.05) is 11.9 Å². The molecule has 0 radical (unpaired) electrons. The van der Waals surface area contributed by atoms with Crippen LogP contribution in [0.2, 0.25) is 0 Å². The molecule has 0 aliphatic heterocycles. The summed E-state index contributed by atoms with van der Waals surface area (Å²) >= 11 is 1.31. The zero-order valence-electron chi connectivity index (χ0n) is 12.7. The normalized spacial score (nSPS) is 9.96. The molecule has 1 N–H and O–H groups in total. The van der Waals surface area contributed by atoms with Crippen LogP contribution in [0.15, 0.2) is 66.0 Å². The largest absolute Gasteiger partial charge is 0.483 e. The van der Waals surface area contributed by atoms with Crippen molar-refractivity contribution >= 4 is 22.2 Å². The van der Waals surface area contributed by atoms with Gasteiger partial charge in [0.1, 0.15) is 16.8 Å². The molecule has 0 aliphatic rings. The number of nitriles is 1. The number of hydrogen-bond donors (Lipinski definition) is 1. The molecule has 2 aromatic carbocycles. The fraction of sp³-hybridized carbons (Fsp3) is 0.0526. The molecule has 0 fully saturated rings. The average molecular weight is 334 g/mol. The first kappa shape index (κ1) is 15.8. The van der Waals surface area contributed by atoms with Crippen molar-refractivity contribution in [3.63, 3.8) is 0 Å². The lowest BCUT2D eigenvalue weighted by molar-refractivity contribution is -0.118. The number of carbonyl (C=O) groups excluding carboxylic acids is 1. The van der Waals surface area contributed by atoms with Crippen LogP contribution < -0.4 is 10.1 Å². The highest BCUT2D eigenvalue weighted by Crippen LogP contribution is 2.29. The second-order valence-electron chi connectivity index (χ2n) is 4.97. The molecule has 0 unspecified atom stereocenters. The molecule has 1 aromatic heterocycles. The SMILES string of the molecule is N#Cc1ccsc1NC(=O)COc1ccccc1-c1ccccc1. The number of ether oxygens (including phenoxy) is 1. The maximum Gasteiger partial charge on any atom is 0.262 e. The number of nitrogens with one attached hydrogen (secondary N) is 1. The van der Waals surface area contributed by atoms with E-state index >= 15 is 0 Å². The summed E-state index contributed by atoms with van der Waals surface area (Å²) in [6.45, 7) is -0.118. The van der Waals surface area contributed by atoms with Crippen LogP contribution in [0.3, 0.4) is 0 Å². The molecule has 3 aromatic rings. The number of anilines is 1. The fourth-order valence-corrected chi connectivity index (χ4v) is 3.00. The highest BCUT2D eigenvalue weighted by molar-refractivity contribution is 7.14. The van der Waals surface area contributed by atoms with E-state index in [1.807, 2.05) is 60.7 Å². The van der Waals surface area contributed by atoms with Crippen molar-refractivity contribution in [3.8, 4) is 22.9 Å². The molecule has 4 nitrogen and oxygen atoms in total. The summed E-state index contributed by atoms with van der Waals surface area (Å²) in [7, 11) is 0. The molecule has 0 saturated heterocycles. The lowest BCUT2D eigenvalue weighted by Gasteiger charge is -2.11. The van der Waals surface area contributed by atoms with Crippen LogP contribution in [0.25, 0.3) is 11.1 Å². The van der Waals surface area contributed by atoms with Crippen molar-refractivity contribution in [3.05, 3.63) is 71.6 Å². The molecule has 0 aliphatic carbocycles. The minimum atomic E-state index is -0.295. The second-order valence-corrected chi connectivity index (χ2v) is 5.89. The van der Waals surface area contributed by atoms with Gasteiger partial charge in [-0.15, -0.1) is 11.3 Å². The third-order valence-corrected chi connectivity index (χ3v) is 4.20. The number of carbonyl (C=O) groups is 1. The van der Waals surface area contributed by atoms with Gasteiger partial charge in [-0.1, -0.05) is 48.5 Å². The molecule has 0 saturated carbocycles. The lowest BCUT2D eigenvalue weighted by Crippen LogP contribution is -2.20. The van der Waals surface area contributed by atoms with E-state index in [4.69, 9.17) is 10.00 Å². The predicted molar refractivity (Wildman–Crippen MR) is 95.0 cm³/mol. The van der Waals surface area contributed by atoms with Crippen molar-refractivity contribution in [2.45, 2.75) is 0 Å². The van der Waals surface area contributed by atoms with Crippen molar-refractivity contribution in [2.24, 2.45) is 0 Å². The predicted octanol–water partition coefficient (Wildman–Crippen LogP) is 4.30. The van der Waals surface area contributed by atoms with E-state index < -0.39 is 0 Å². The molecule has 0 bridgehead atoms. The Balaban J connectivity index is 1.69. The van der Waals surface area contributed by atoms with Gasteiger partial charge in [-0.25, -0.2) is 0 Å². The van der Waals surface area contributed by atoms with Crippen LogP contribution in [-0.4, -0.2) is 12.5 Å². The van der Waals surface area contributed by atoms with E-state index in [9.17, 15) is 4.79 Å². The Labute approximate surface area is 143 Å². The van der Waals surface area contributed by atoms with Gasteiger partial charge in [0, 0.05) is 5.56 Å². The molecule has 5 heteroatoms. The molecule has 0 spiro atoms. The number of hydrogen-bond acceptors (Lipinski definition) is 4. The topological polar surface area (TPSA) is 62.1 Å². The Morgan fingerprint density at radius 1 is 1.08 bits per heavy atom. The Kier molecular flexibility index (Phi) is 4.90. The van der Waals surface area contributed by atoms with Crippen LogP contribution in [0.5, 0.6) is 5.75 Å². The van der Waals surface area contributed by atoms with Crippen LogP contribution in [-0.2, 0) is 4.79 Å². The van der Waals surface area contributed by atoms with Crippen LogP contribution in [0.4, 0.5) is 5.00 Å². The first-order chi connectivity index (χ1) is 11.8. The van der Waals surface area contributed by atoms with E-state index in [0.717, 1.165) is 11.1 Å². The Hall–Kier alpha value is -3.10. The first-order valence-electron chi connectivity index (χ1n) is 7.32. The molecule has 24 heavy (non-hydrogen) atoms. The summed E-state index contributed by atoms with van der Waals surface area (Å²) in [6, 6.07) is 21.2. The number of benzene rings is 2. The first-order valence-corrected chi connectivity index (χ1v) is 8.20. The van der Waals surface area contributed by atoms with Gasteiger partial charge in [-0.2, -0.15) is 5.26 Å². The summed E-state index contributed by atoms with van der Waals surface area (Å²) in [4.78, 5) is 12.1. The monoisotopic (exact) mass is 334 g/mol.